The Morgan fingerprint density at radius 3 is 2.36 bits per heavy atom. The van der Waals surface area contributed by atoms with Gasteiger partial charge in [0.15, 0.2) is 5.13 Å². The van der Waals surface area contributed by atoms with Gasteiger partial charge in [-0.1, -0.05) is 11.3 Å². The van der Waals surface area contributed by atoms with E-state index in [1.54, 1.807) is 0 Å². The molecule has 3 nitrogen and oxygen atoms in total. The number of piperazine rings is 1. The van der Waals surface area contributed by atoms with Crippen molar-refractivity contribution in [2.75, 3.05) is 31.1 Å². The van der Waals surface area contributed by atoms with E-state index in [4.69, 9.17) is 0 Å². The van der Waals surface area contributed by atoms with Gasteiger partial charge >= 0.3 is 6.18 Å². The maximum atomic E-state index is 13.5. The molecule has 1 aliphatic rings. The summed E-state index contributed by atoms with van der Waals surface area (Å²) in [6, 6.07) is 1.70. The van der Waals surface area contributed by atoms with Crippen LogP contribution in [-0.4, -0.2) is 31.2 Å². The molecule has 1 saturated heterocycles. The minimum absolute atomic E-state index is 0. The number of benzene rings is 1. The van der Waals surface area contributed by atoms with E-state index >= 15 is 0 Å². The molecule has 0 saturated carbocycles. The number of fused-ring (bicyclic) bond motifs is 1. The molecule has 1 N–H and O–H groups in total. The molecule has 0 bridgehead atoms. The van der Waals surface area contributed by atoms with E-state index in [1.165, 1.54) is 0 Å². The molecule has 2 heterocycles. The van der Waals surface area contributed by atoms with E-state index in [1.807, 2.05) is 4.90 Å². The molecule has 1 fully saturated rings. The van der Waals surface area contributed by atoms with Gasteiger partial charge in [-0.25, -0.2) is 9.37 Å². The van der Waals surface area contributed by atoms with Crippen molar-refractivity contribution in [1.29, 1.82) is 0 Å². The van der Waals surface area contributed by atoms with Crippen molar-refractivity contribution in [2.45, 2.75) is 6.18 Å². The lowest BCUT2D eigenvalue weighted by molar-refractivity contribution is -0.139. The highest BCUT2D eigenvalue weighted by Gasteiger charge is 2.34. The number of thiazole rings is 1. The van der Waals surface area contributed by atoms with E-state index in [0.717, 1.165) is 49.6 Å². The molecule has 0 unspecified atom stereocenters. The number of nitrogens with zero attached hydrogens (tertiary/aromatic N) is 2. The fourth-order valence-electron chi connectivity index (χ4n) is 2.14. The van der Waals surface area contributed by atoms with Crippen molar-refractivity contribution in [3.05, 3.63) is 23.5 Å². The zero-order valence-corrected chi connectivity index (χ0v) is 13.6. The summed E-state index contributed by atoms with van der Waals surface area (Å²) in [4.78, 5) is 6.22. The molecule has 0 aliphatic carbocycles. The first kappa shape index (κ1) is 19.2. The van der Waals surface area contributed by atoms with Crippen LogP contribution in [0.4, 0.5) is 22.7 Å². The maximum absolute atomic E-state index is 13.5. The molecule has 3 rings (SSSR count). The van der Waals surface area contributed by atoms with Gasteiger partial charge < -0.3 is 10.2 Å². The van der Waals surface area contributed by atoms with Crippen LogP contribution in [0.2, 0.25) is 0 Å². The molecular formula is C12H13Cl2F4N3S. The van der Waals surface area contributed by atoms with Crippen LogP contribution in [0.3, 0.4) is 0 Å². The SMILES string of the molecule is Cl.Cl.Fc1cc2nc(N3CCNCC3)sc2cc1C(F)(F)F. The van der Waals surface area contributed by atoms with Gasteiger partial charge in [-0.15, -0.1) is 24.8 Å². The molecule has 2 aromatic rings. The second-order valence-electron chi connectivity index (χ2n) is 4.53. The van der Waals surface area contributed by atoms with Crippen molar-refractivity contribution >= 4 is 51.5 Å². The minimum atomic E-state index is -4.68. The number of hydrogen-bond acceptors (Lipinski definition) is 4. The molecule has 0 radical (unpaired) electrons. The Balaban J connectivity index is 0.00000121. The summed E-state index contributed by atoms with van der Waals surface area (Å²) in [7, 11) is 0. The summed E-state index contributed by atoms with van der Waals surface area (Å²) >= 11 is 1.16. The molecular weight excluding hydrogens is 365 g/mol. The van der Waals surface area contributed by atoms with Crippen LogP contribution in [0.1, 0.15) is 5.56 Å². The number of anilines is 1. The highest BCUT2D eigenvalue weighted by atomic mass is 35.5. The smallest absolute Gasteiger partial charge is 0.346 e. The third-order valence-electron chi connectivity index (χ3n) is 3.16. The Kier molecular flexibility index (Phi) is 6.26. The molecule has 124 valence electrons. The normalized spacial score (nSPS) is 15.4. The lowest BCUT2D eigenvalue weighted by Gasteiger charge is -2.26. The van der Waals surface area contributed by atoms with Crippen molar-refractivity contribution in [2.24, 2.45) is 0 Å². The third-order valence-corrected chi connectivity index (χ3v) is 4.24. The van der Waals surface area contributed by atoms with Gasteiger partial charge in [-0.3, -0.25) is 0 Å². The Bertz CT molecular complexity index is 641. The predicted molar refractivity (Wildman–Crippen MR) is 84.2 cm³/mol. The summed E-state index contributed by atoms with van der Waals surface area (Å²) < 4.78 is 51.8. The third kappa shape index (κ3) is 3.73. The van der Waals surface area contributed by atoms with E-state index in [2.05, 4.69) is 10.3 Å². The predicted octanol–water partition coefficient (Wildman–Crippen LogP) is 3.71. The van der Waals surface area contributed by atoms with Gasteiger partial charge in [0, 0.05) is 32.2 Å². The number of nitrogens with one attached hydrogen (secondary N) is 1. The van der Waals surface area contributed by atoms with Crippen molar-refractivity contribution in [1.82, 2.24) is 10.3 Å². The Hall–Kier alpha value is -0.830. The molecule has 22 heavy (non-hydrogen) atoms. The monoisotopic (exact) mass is 377 g/mol. The zero-order chi connectivity index (χ0) is 14.3. The molecule has 0 amide bonds. The highest BCUT2D eigenvalue weighted by Crippen LogP contribution is 2.37. The minimum Gasteiger partial charge on any atom is -0.346 e. The van der Waals surface area contributed by atoms with Crippen LogP contribution in [0.15, 0.2) is 12.1 Å². The van der Waals surface area contributed by atoms with Gasteiger partial charge in [0.05, 0.1) is 15.8 Å². The Morgan fingerprint density at radius 2 is 1.77 bits per heavy atom. The number of aromatic nitrogens is 1. The van der Waals surface area contributed by atoms with Gasteiger partial charge in [0.25, 0.3) is 0 Å². The Morgan fingerprint density at radius 1 is 1.14 bits per heavy atom. The number of alkyl halides is 3. The summed E-state index contributed by atoms with van der Waals surface area (Å²) in [6.45, 7) is 3.10. The van der Waals surface area contributed by atoms with Crippen LogP contribution in [-0.2, 0) is 6.18 Å². The van der Waals surface area contributed by atoms with Crippen LogP contribution in [0.25, 0.3) is 10.2 Å². The molecule has 1 aromatic carbocycles. The summed E-state index contributed by atoms with van der Waals surface area (Å²) in [5.74, 6) is -1.28. The average molecular weight is 378 g/mol. The number of halogens is 6. The van der Waals surface area contributed by atoms with Crippen LogP contribution in [0, 0.1) is 5.82 Å². The lowest BCUT2D eigenvalue weighted by atomic mass is 10.2. The van der Waals surface area contributed by atoms with Crippen LogP contribution < -0.4 is 10.2 Å². The van der Waals surface area contributed by atoms with Crippen LogP contribution in [0.5, 0.6) is 0 Å². The molecule has 1 aliphatic heterocycles. The van der Waals surface area contributed by atoms with Crippen molar-refractivity contribution < 1.29 is 17.6 Å². The summed E-state index contributed by atoms with van der Waals surface area (Å²) in [5, 5.41) is 3.82. The summed E-state index contributed by atoms with van der Waals surface area (Å²) in [5.41, 5.74) is -0.963. The van der Waals surface area contributed by atoms with Gasteiger partial charge in [0.2, 0.25) is 0 Å². The molecule has 1 aromatic heterocycles. The summed E-state index contributed by atoms with van der Waals surface area (Å²) in [6.07, 6.45) is -4.68. The van der Waals surface area contributed by atoms with Gasteiger partial charge in [0.1, 0.15) is 5.82 Å². The van der Waals surface area contributed by atoms with Crippen molar-refractivity contribution in [3.8, 4) is 0 Å². The first-order valence-corrected chi connectivity index (χ1v) is 6.90. The topological polar surface area (TPSA) is 28.2 Å². The number of rotatable bonds is 1. The zero-order valence-electron chi connectivity index (χ0n) is 11.1. The lowest BCUT2D eigenvalue weighted by Crippen LogP contribution is -2.43. The fourth-order valence-corrected chi connectivity index (χ4v) is 3.18. The first-order valence-electron chi connectivity index (χ1n) is 6.08. The quantitative estimate of drug-likeness (QED) is 0.767. The Labute approximate surface area is 140 Å². The highest BCUT2D eigenvalue weighted by molar-refractivity contribution is 7.22. The molecule has 0 spiro atoms. The van der Waals surface area contributed by atoms with E-state index < -0.39 is 17.6 Å². The number of hydrogen-bond donors (Lipinski definition) is 1. The maximum Gasteiger partial charge on any atom is 0.419 e. The molecule has 10 heteroatoms. The van der Waals surface area contributed by atoms with Crippen LogP contribution >= 0.6 is 36.2 Å². The van der Waals surface area contributed by atoms with Crippen molar-refractivity contribution in [3.63, 3.8) is 0 Å². The fraction of sp³-hybridized carbons (Fsp3) is 0.417. The standard InChI is InChI=1S/C12H11F4N3S.2ClH/c13-8-6-9-10(5-7(8)12(14,15)16)20-11(18-9)19-3-1-17-2-4-19;;/h5-6,17H,1-4H2;2*1H. The second-order valence-corrected chi connectivity index (χ2v) is 5.54. The second kappa shape index (κ2) is 7.16. The van der Waals surface area contributed by atoms with E-state index in [9.17, 15) is 17.6 Å². The largest absolute Gasteiger partial charge is 0.419 e. The first-order chi connectivity index (χ1) is 9.45. The average Bonchev–Trinajstić information content (AvgIpc) is 2.80. The van der Waals surface area contributed by atoms with Gasteiger partial charge in [-0.05, 0) is 6.07 Å². The molecule has 0 atom stereocenters. The van der Waals surface area contributed by atoms with E-state index in [0.29, 0.717) is 9.83 Å². The van der Waals surface area contributed by atoms with Gasteiger partial charge in [-0.2, -0.15) is 13.2 Å². The van der Waals surface area contributed by atoms with E-state index in [-0.39, 0.29) is 30.3 Å².